The molecule has 0 spiro atoms. The summed E-state index contributed by atoms with van der Waals surface area (Å²) in [6, 6.07) is 15.6. The van der Waals surface area contributed by atoms with Crippen LogP contribution in [0.4, 0.5) is 0 Å². The molecule has 32 heavy (non-hydrogen) atoms. The van der Waals surface area contributed by atoms with E-state index in [-0.39, 0.29) is 24.0 Å². The van der Waals surface area contributed by atoms with E-state index in [2.05, 4.69) is 30.5 Å². The Morgan fingerprint density at radius 3 is 2.72 bits per heavy atom. The van der Waals surface area contributed by atoms with E-state index in [1.165, 1.54) is 0 Å². The lowest BCUT2D eigenvalue weighted by Crippen LogP contribution is -2.39. The van der Waals surface area contributed by atoms with Crippen molar-refractivity contribution in [2.45, 2.75) is 13.0 Å². The van der Waals surface area contributed by atoms with E-state index in [4.69, 9.17) is 4.52 Å². The molecule has 1 aromatic carbocycles. The molecule has 0 amide bonds. The topological polar surface area (TPSA) is 97.3 Å². The van der Waals surface area contributed by atoms with Crippen LogP contribution in [0.15, 0.2) is 76.6 Å². The van der Waals surface area contributed by atoms with Crippen LogP contribution < -0.4 is 5.32 Å². The number of guanidine groups is 1. The molecule has 4 aromatic rings. The van der Waals surface area contributed by atoms with Crippen LogP contribution in [-0.2, 0) is 13.0 Å². The van der Waals surface area contributed by atoms with Crippen molar-refractivity contribution in [3.8, 4) is 17.3 Å². The van der Waals surface area contributed by atoms with Crippen LogP contribution in [0.3, 0.4) is 0 Å². The van der Waals surface area contributed by atoms with Gasteiger partial charge in [0, 0.05) is 51.6 Å². The average molecular weight is 544 g/mol. The minimum absolute atomic E-state index is 0. The predicted octanol–water partition coefficient (Wildman–Crippen LogP) is 3.19. The molecule has 0 unspecified atom stereocenters. The third kappa shape index (κ3) is 5.90. The Balaban J connectivity index is 0.00000289. The molecule has 0 atom stereocenters. The fourth-order valence-corrected chi connectivity index (χ4v) is 3.13. The predicted molar refractivity (Wildman–Crippen MR) is 133 cm³/mol. The fourth-order valence-electron chi connectivity index (χ4n) is 3.13. The van der Waals surface area contributed by atoms with E-state index in [9.17, 15) is 0 Å². The highest BCUT2D eigenvalue weighted by molar-refractivity contribution is 14.0. The third-order valence-electron chi connectivity index (χ3n) is 4.63. The highest BCUT2D eigenvalue weighted by atomic mass is 127. The Morgan fingerprint density at radius 1 is 1.16 bits per heavy atom. The maximum Gasteiger partial charge on any atom is 0.276 e. The second kappa shape index (κ2) is 11.4. The van der Waals surface area contributed by atoms with Gasteiger partial charge in [-0.3, -0.25) is 9.98 Å². The number of hydrogen-bond donors (Lipinski definition) is 1. The van der Waals surface area contributed by atoms with Gasteiger partial charge in [0.05, 0.1) is 11.9 Å². The van der Waals surface area contributed by atoms with Gasteiger partial charge in [0.25, 0.3) is 5.89 Å². The number of aliphatic imine (C=N–C) groups is 1. The first kappa shape index (κ1) is 23.4. The highest BCUT2D eigenvalue weighted by Crippen LogP contribution is 2.13. The van der Waals surface area contributed by atoms with Gasteiger partial charge in [-0.25, -0.2) is 4.68 Å². The molecule has 0 radical (unpaired) electrons. The molecule has 166 valence electrons. The van der Waals surface area contributed by atoms with Crippen LogP contribution in [-0.4, -0.2) is 56.4 Å². The van der Waals surface area contributed by atoms with Crippen molar-refractivity contribution in [3.63, 3.8) is 0 Å². The molecule has 3 aromatic heterocycles. The lowest BCUT2D eigenvalue weighted by Gasteiger charge is -2.21. The Morgan fingerprint density at radius 2 is 1.97 bits per heavy atom. The zero-order valence-corrected chi connectivity index (χ0v) is 20.2. The Hall–Kier alpha value is -3.28. The van der Waals surface area contributed by atoms with Crippen molar-refractivity contribution < 1.29 is 4.52 Å². The first-order valence-electron chi connectivity index (χ1n) is 9.97. The molecule has 0 aliphatic carbocycles. The Labute approximate surface area is 203 Å². The van der Waals surface area contributed by atoms with Gasteiger partial charge in [-0.15, -0.1) is 24.0 Å². The molecular weight excluding hydrogens is 519 g/mol. The van der Waals surface area contributed by atoms with Gasteiger partial charge in [0.1, 0.15) is 5.69 Å². The van der Waals surface area contributed by atoms with Gasteiger partial charge in [-0.2, -0.15) is 10.1 Å². The molecule has 0 bridgehead atoms. The second-order valence-electron chi connectivity index (χ2n) is 6.94. The van der Waals surface area contributed by atoms with Gasteiger partial charge < -0.3 is 14.7 Å². The van der Waals surface area contributed by atoms with E-state index < -0.39 is 0 Å². The zero-order valence-electron chi connectivity index (χ0n) is 17.9. The molecule has 3 heterocycles. The molecule has 10 heteroatoms. The van der Waals surface area contributed by atoms with Gasteiger partial charge in [-0.05, 0) is 24.3 Å². The largest absolute Gasteiger partial charge is 0.356 e. The second-order valence-corrected chi connectivity index (χ2v) is 6.94. The fraction of sp³-hybridized carbons (Fsp3) is 0.227. The van der Waals surface area contributed by atoms with Crippen molar-refractivity contribution in [1.29, 1.82) is 0 Å². The van der Waals surface area contributed by atoms with Crippen molar-refractivity contribution in [3.05, 3.63) is 78.5 Å². The number of aromatic nitrogens is 5. The summed E-state index contributed by atoms with van der Waals surface area (Å²) in [6.07, 6.45) is 6.20. The summed E-state index contributed by atoms with van der Waals surface area (Å²) in [5.41, 5.74) is 2.79. The average Bonchev–Trinajstić information content (AvgIpc) is 3.48. The molecule has 9 nitrogen and oxygen atoms in total. The quantitative estimate of drug-likeness (QED) is 0.217. The lowest BCUT2D eigenvalue weighted by atomic mass is 10.3. The van der Waals surface area contributed by atoms with Crippen LogP contribution in [0.1, 0.15) is 11.4 Å². The number of nitrogens with zero attached hydrogens (tertiary/aromatic N) is 7. The first-order chi connectivity index (χ1) is 15.2. The minimum atomic E-state index is 0. The van der Waals surface area contributed by atoms with Crippen LogP contribution in [0.25, 0.3) is 17.3 Å². The van der Waals surface area contributed by atoms with Crippen LogP contribution in [0, 0.1) is 0 Å². The Kier molecular flexibility index (Phi) is 8.31. The molecule has 0 aliphatic rings. The lowest BCUT2D eigenvalue weighted by molar-refractivity contribution is 0.420. The van der Waals surface area contributed by atoms with Gasteiger partial charge in [0.15, 0.2) is 11.8 Å². The van der Waals surface area contributed by atoms with E-state index in [0.717, 1.165) is 17.2 Å². The minimum Gasteiger partial charge on any atom is -0.356 e. The molecule has 0 saturated carbocycles. The summed E-state index contributed by atoms with van der Waals surface area (Å²) >= 11 is 0. The highest BCUT2D eigenvalue weighted by Gasteiger charge is 2.11. The molecule has 0 saturated heterocycles. The monoisotopic (exact) mass is 544 g/mol. The molecule has 4 rings (SSSR count). The number of para-hydroxylation sites is 1. The van der Waals surface area contributed by atoms with E-state index in [1.807, 2.05) is 77.6 Å². The number of hydrogen-bond acceptors (Lipinski definition) is 6. The normalized spacial score (nSPS) is 11.1. The number of halogens is 1. The van der Waals surface area contributed by atoms with Crippen LogP contribution in [0.5, 0.6) is 0 Å². The molecule has 0 aliphatic heterocycles. The van der Waals surface area contributed by atoms with E-state index in [0.29, 0.717) is 36.9 Å². The molecule has 0 fully saturated rings. The smallest absolute Gasteiger partial charge is 0.276 e. The summed E-state index contributed by atoms with van der Waals surface area (Å²) in [7, 11) is 3.75. The van der Waals surface area contributed by atoms with Gasteiger partial charge >= 0.3 is 0 Å². The first-order valence-corrected chi connectivity index (χ1v) is 9.97. The van der Waals surface area contributed by atoms with Crippen LogP contribution in [0.2, 0.25) is 0 Å². The molecular formula is C22H25IN8O. The van der Waals surface area contributed by atoms with Gasteiger partial charge in [0.2, 0.25) is 0 Å². The van der Waals surface area contributed by atoms with E-state index in [1.54, 1.807) is 13.2 Å². The summed E-state index contributed by atoms with van der Waals surface area (Å²) < 4.78 is 7.17. The standard InChI is InChI=1S/C22H24N8O.HI/c1-23-22(25-13-11-20-27-21(31-28-20)19-10-6-7-12-24-19)29(2)15-17-14-26-30(16-17)18-8-4-3-5-9-18;/h3-10,12,14,16H,11,13,15H2,1-2H3,(H,23,25);1H. The van der Waals surface area contributed by atoms with Crippen molar-refractivity contribution in [2.24, 2.45) is 4.99 Å². The maximum atomic E-state index is 5.30. The number of rotatable bonds is 7. The summed E-state index contributed by atoms with van der Waals surface area (Å²) in [5, 5.41) is 11.8. The number of benzene rings is 1. The van der Waals surface area contributed by atoms with Crippen molar-refractivity contribution >= 4 is 29.9 Å². The van der Waals surface area contributed by atoms with Crippen LogP contribution >= 0.6 is 24.0 Å². The molecule has 1 N–H and O–H groups in total. The summed E-state index contributed by atoms with van der Waals surface area (Å²) in [5.74, 6) is 1.82. The summed E-state index contributed by atoms with van der Waals surface area (Å²) in [6.45, 7) is 1.31. The zero-order chi connectivity index (χ0) is 21.5. The van der Waals surface area contributed by atoms with Crippen molar-refractivity contribution in [1.82, 2.24) is 35.1 Å². The van der Waals surface area contributed by atoms with E-state index >= 15 is 0 Å². The SMILES string of the molecule is CN=C(NCCc1noc(-c2ccccn2)n1)N(C)Cc1cnn(-c2ccccc2)c1.I. The van der Waals surface area contributed by atoms with Gasteiger partial charge in [-0.1, -0.05) is 29.4 Å². The van der Waals surface area contributed by atoms with Crippen molar-refractivity contribution in [2.75, 3.05) is 20.6 Å². The number of nitrogens with one attached hydrogen (secondary N) is 1. The maximum absolute atomic E-state index is 5.30. The third-order valence-corrected chi connectivity index (χ3v) is 4.63. The summed E-state index contributed by atoms with van der Waals surface area (Å²) in [4.78, 5) is 15.0. The Bertz CT molecular complexity index is 1130. The number of pyridine rings is 1.